The minimum absolute atomic E-state index is 0.395. The zero-order valence-electron chi connectivity index (χ0n) is 7.57. The van der Waals surface area contributed by atoms with E-state index >= 15 is 0 Å². The molecule has 0 aromatic carbocycles. The van der Waals surface area contributed by atoms with E-state index in [9.17, 15) is 4.79 Å². The summed E-state index contributed by atoms with van der Waals surface area (Å²) in [6.07, 6.45) is 3.09. The average molecular weight is 191 g/mol. The van der Waals surface area contributed by atoms with Gasteiger partial charge in [-0.05, 0) is 6.07 Å². The number of carbonyl (C=O) groups is 1. The predicted molar refractivity (Wildman–Crippen MR) is 51.8 cm³/mol. The number of pyridine rings is 1. The third-order valence-corrected chi connectivity index (χ3v) is 1.98. The number of anilines is 1. The molecular weight excluding hydrogens is 182 g/mol. The number of nitrogens with one attached hydrogen (secondary N) is 1. The maximum Gasteiger partial charge on any atom is 0.339 e. The first-order valence-electron chi connectivity index (χ1n) is 4.03. The predicted octanol–water partition coefficient (Wildman–Crippen LogP) is 0.932. The lowest BCUT2D eigenvalue weighted by molar-refractivity contribution is 0.0600. The molecule has 2 aromatic heterocycles. The number of nitrogens with two attached hydrogens (primary N) is 1. The minimum atomic E-state index is -0.417. The maximum absolute atomic E-state index is 11.2. The summed E-state index contributed by atoms with van der Waals surface area (Å²) in [6.45, 7) is 0. The molecule has 3 N–H and O–H groups in total. The van der Waals surface area contributed by atoms with E-state index in [4.69, 9.17) is 5.73 Å². The second-order valence-corrected chi connectivity index (χ2v) is 2.86. The van der Waals surface area contributed by atoms with E-state index in [0.717, 1.165) is 5.39 Å². The third kappa shape index (κ3) is 1.19. The van der Waals surface area contributed by atoms with Crippen molar-refractivity contribution in [1.29, 1.82) is 0 Å². The number of hydrogen-bond acceptors (Lipinski definition) is 4. The van der Waals surface area contributed by atoms with Gasteiger partial charge in [0.05, 0.1) is 18.4 Å². The van der Waals surface area contributed by atoms with Crippen molar-refractivity contribution in [3.8, 4) is 0 Å². The van der Waals surface area contributed by atoms with E-state index in [1.807, 2.05) is 0 Å². The summed E-state index contributed by atoms with van der Waals surface area (Å²) in [5.74, 6) is -0.417. The van der Waals surface area contributed by atoms with Gasteiger partial charge in [0.25, 0.3) is 0 Å². The van der Waals surface area contributed by atoms with Crippen LogP contribution in [0.1, 0.15) is 10.4 Å². The Morgan fingerprint density at radius 2 is 2.43 bits per heavy atom. The fraction of sp³-hybridized carbons (Fsp3) is 0.111. The van der Waals surface area contributed by atoms with Crippen LogP contribution in [0.5, 0.6) is 0 Å². The molecule has 5 heteroatoms. The van der Waals surface area contributed by atoms with Gasteiger partial charge in [-0.2, -0.15) is 0 Å². The third-order valence-electron chi connectivity index (χ3n) is 1.98. The van der Waals surface area contributed by atoms with Crippen LogP contribution >= 0.6 is 0 Å². The molecule has 0 saturated heterocycles. The topological polar surface area (TPSA) is 81.0 Å². The molecule has 0 aliphatic rings. The molecule has 0 aliphatic heterocycles. The van der Waals surface area contributed by atoms with Crippen molar-refractivity contribution in [2.75, 3.05) is 12.8 Å². The number of ether oxygens (including phenoxy) is 1. The Balaban J connectivity index is 2.60. The van der Waals surface area contributed by atoms with Crippen molar-refractivity contribution in [2.45, 2.75) is 0 Å². The highest BCUT2D eigenvalue weighted by molar-refractivity contribution is 5.96. The monoisotopic (exact) mass is 191 g/mol. The van der Waals surface area contributed by atoms with Crippen LogP contribution in [0.3, 0.4) is 0 Å². The molecule has 0 saturated carbocycles. The van der Waals surface area contributed by atoms with Crippen molar-refractivity contribution in [2.24, 2.45) is 0 Å². The first kappa shape index (κ1) is 8.55. The molecule has 0 amide bonds. The van der Waals surface area contributed by atoms with Gasteiger partial charge >= 0.3 is 5.97 Å². The van der Waals surface area contributed by atoms with Crippen LogP contribution in [0.4, 0.5) is 5.69 Å². The fourth-order valence-electron chi connectivity index (χ4n) is 1.25. The van der Waals surface area contributed by atoms with Crippen LogP contribution in [0, 0.1) is 0 Å². The second kappa shape index (κ2) is 3.02. The van der Waals surface area contributed by atoms with Gasteiger partial charge in [-0.1, -0.05) is 0 Å². The van der Waals surface area contributed by atoms with Crippen LogP contribution in [-0.4, -0.2) is 23.0 Å². The van der Waals surface area contributed by atoms with Gasteiger partial charge in [-0.15, -0.1) is 0 Å². The Morgan fingerprint density at radius 3 is 3.14 bits per heavy atom. The number of methoxy groups -OCH3 is 1. The quantitative estimate of drug-likeness (QED) is 0.657. The molecule has 2 heterocycles. The van der Waals surface area contributed by atoms with Crippen molar-refractivity contribution in [3.63, 3.8) is 0 Å². The van der Waals surface area contributed by atoms with Crippen molar-refractivity contribution in [3.05, 3.63) is 24.0 Å². The van der Waals surface area contributed by atoms with Crippen LogP contribution < -0.4 is 5.73 Å². The maximum atomic E-state index is 11.2. The molecule has 72 valence electrons. The molecule has 14 heavy (non-hydrogen) atoms. The molecule has 0 unspecified atom stereocenters. The first-order valence-corrected chi connectivity index (χ1v) is 4.03. The number of aromatic amines is 1. The van der Waals surface area contributed by atoms with Gasteiger partial charge < -0.3 is 15.5 Å². The number of H-pyrrole nitrogens is 1. The van der Waals surface area contributed by atoms with Crippen LogP contribution in [-0.2, 0) is 4.74 Å². The SMILES string of the molecule is COC(=O)c1cnc2[nH]cc(N)c2c1. The Morgan fingerprint density at radius 1 is 1.64 bits per heavy atom. The van der Waals surface area contributed by atoms with Crippen LogP contribution in [0.2, 0.25) is 0 Å². The lowest BCUT2D eigenvalue weighted by Gasteiger charge is -1.98. The molecule has 0 radical (unpaired) electrons. The van der Waals surface area contributed by atoms with Gasteiger partial charge in [0.1, 0.15) is 5.65 Å². The molecule has 0 fully saturated rings. The van der Waals surface area contributed by atoms with Crippen LogP contribution in [0.15, 0.2) is 18.5 Å². The Hall–Kier alpha value is -2.04. The summed E-state index contributed by atoms with van der Waals surface area (Å²) in [5, 5.41) is 0.730. The number of rotatable bonds is 1. The number of carbonyl (C=O) groups excluding carboxylic acids is 1. The number of fused-ring (bicyclic) bond motifs is 1. The fourth-order valence-corrected chi connectivity index (χ4v) is 1.25. The van der Waals surface area contributed by atoms with Gasteiger partial charge in [0.2, 0.25) is 0 Å². The Bertz CT molecular complexity index is 490. The zero-order chi connectivity index (χ0) is 10.1. The highest BCUT2D eigenvalue weighted by Gasteiger charge is 2.08. The van der Waals surface area contributed by atoms with E-state index in [1.165, 1.54) is 13.3 Å². The molecule has 2 rings (SSSR count). The van der Waals surface area contributed by atoms with Gasteiger partial charge in [0, 0.05) is 17.8 Å². The first-order chi connectivity index (χ1) is 6.72. The Kier molecular flexibility index (Phi) is 1.85. The summed E-state index contributed by atoms with van der Waals surface area (Å²) in [4.78, 5) is 18.1. The standard InChI is InChI=1S/C9H9N3O2/c1-14-9(13)5-2-6-7(10)4-12-8(6)11-3-5/h2-4H,10H2,1H3,(H,11,12). The lowest BCUT2D eigenvalue weighted by atomic mass is 10.2. The molecule has 0 spiro atoms. The lowest BCUT2D eigenvalue weighted by Crippen LogP contribution is -2.01. The van der Waals surface area contributed by atoms with Crippen molar-refractivity contribution in [1.82, 2.24) is 9.97 Å². The number of hydrogen-bond donors (Lipinski definition) is 2. The largest absolute Gasteiger partial charge is 0.465 e. The van der Waals surface area contributed by atoms with Gasteiger partial charge in [-0.25, -0.2) is 9.78 Å². The van der Waals surface area contributed by atoms with Crippen molar-refractivity contribution < 1.29 is 9.53 Å². The minimum Gasteiger partial charge on any atom is -0.465 e. The molecule has 0 bridgehead atoms. The van der Waals surface area contributed by atoms with E-state index in [1.54, 1.807) is 12.3 Å². The number of nitrogen functional groups attached to an aromatic ring is 1. The molecular formula is C9H9N3O2. The van der Waals surface area contributed by atoms with E-state index in [-0.39, 0.29) is 0 Å². The normalized spacial score (nSPS) is 10.4. The van der Waals surface area contributed by atoms with Gasteiger partial charge in [0.15, 0.2) is 0 Å². The number of esters is 1. The number of nitrogens with zero attached hydrogens (tertiary/aromatic N) is 1. The van der Waals surface area contributed by atoms with Crippen molar-refractivity contribution >= 4 is 22.7 Å². The highest BCUT2D eigenvalue weighted by Crippen LogP contribution is 2.19. The molecule has 0 aliphatic carbocycles. The smallest absolute Gasteiger partial charge is 0.339 e. The number of aromatic nitrogens is 2. The summed E-state index contributed by atoms with van der Waals surface area (Å²) in [7, 11) is 1.33. The molecule has 5 nitrogen and oxygen atoms in total. The van der Waals surface area contributed by atoms with Gasteiger partial charge in [-0.3, -0.25) is 0 Å². The van der Waals surface area contributed by atoms with E-state index in [2.05, 4.69) is 14.7 Å². The summed E-state index contributed by atoms with van der Waals surface area (Å²) in [6, 6.07) is 1.65. The van der Waals surface area contributed by atoms with E-state index in [0.29, 0.717) is 16.9 Å². The summed E-state index contributed by atoms with van der Waals surface area (Å²) in [5.41, 5.74) is 7.29. The zero-order valence-corrected chi connectivity index (χ0v) is 7.57. The summed E-state index contributed by atoms with van der Waals surface area (Å²) < 4.78 is 4.57. The Labute approximate surface area is 79.9 Å². The van der Waals surface area contributed by atoms with E-state index < -0.39 is 5.97 Å². The average Bonchev–Trinajstić information content (AvgIpc) is 2.59. The summed E-state index contributed by atoms with van der Waals surface area (Å²) >= 11 is 0. The van der Waals surface area contributed by atoms with Crippen LogP contribution in [0.25, 0.3) is 11.0 Å². The highest BCUT2D eigenvalue weighted by atomic mass is 16.5. The molecule has 0 atom stereocenters. The molecule has 2 aromatic rings. The second-order valence-electron chi connectivity index (χ2n) is 2.86.